The first kappa shape index (κ1) is 13.7. The lowest BCUT2D eigenvalue weighted by Crippen LogP contribution is -2.04. The van der Waals surface area contributed by atoms with Gasteiger partial charge in [0.1, 0.15) is 0 Å². The lowest BCUT2D eigenvalue weighted by Gasteiger charge is -2.09. The molecular weight excluding hydrogens is 297 g/mol. The molecule has 1 aliphatic heterocycles. The summed E-state index contributed by atoms with van der Waals surface area (Å²) in [5.74, 6) is 0.199. The summed E-state index contributed by atoms with van der Waals surface area (Å²) in [5.41, 5.74) is 2.51. The molecule has 1 aliphatic carbocycles. The van der Waals surface area contributed by atoms with Crippen molar-refractivity contribution in [2.45, 2.75) is 32.2 Å². The van der Waals surface area contributed by atoms with Crippen LogP contribution in [-0.4, -0.2) is 11.9 Å². The summed E-state index contributed by atoms with van der Waals surface area (Å²) in [4.78, 5) is 16.1. The van der Waals surface area contributed by atoms with Crippen LogP contribution in [-0.2, 0) is 16.1 Å². The highest BCUT2D eigenvalue weighted by molar-refractivity contribution is 6.36. The molecule has 3 rings (SSSR count). The van der Waals surface area contributed by atoms with E-state index < -0.39 is 0 Å². The van der Waals surface area contributed by atoms with E-state index in [1.54, 1.807) is 18.2 Å². The van der Waals surface area contributed by atoms with E-state index in [0.717, 1.165) is 42.4 Å². The Morgan fingerprint density at radius 3 is 2.45 bits per heavy atom. The second-order valence-corrected chi connectivity index (χ2v) is 5.69. The molecule has 0 aromatic heterocycles. The minimum atomic E-state index is -0.247. The molecule has 1 aromatic rings. The number of hydrogen-bond acceptors (Lipinski definition) is 3. The Morgan fingerprint density at radius 1 is 1.10 bits per heavy atom. The average molecular weight is 310 g/mol. The molecule has 0 unspecified atom stereocenters. The average Bonchev–Trinajstić information content (AvgIpc) is 2.76. The van der Waals surface area contributed by atoms with E-state index in [2.05, 4.69) is 4.99 Å². The van der Waals surface area contributed by atoms with Crippen molar-refractivity contribution in [3.05, 3.63) is 45.0 Å². The second-order valence-electron chi connectivity index (χ2n) is 4.88. The van der Waals surface area contributed by atoms with E-state index in [9.17, 15) is 4.79 Å². The van der Waals surface area contributed by atoms with Gasteiger partial charge in [-0.1, -0.05) is 29.3 Å². The zero-order valence-electron chi connectivity index (χ0n) is 10.8. The SMILES string of the molecule is O=C1OC(=NCc2c(Cl)cccc2Cl)C2=C1CCCC2. The van der Waals surface area contributed by atoms with Gasteiger partial charge in [0.25, 0.3) is 0 Å². The Labute approximate surface area is 127 Å². The minimum absolute atomic E-state index is 0.247. The number of esters is 1. The van der Waals surface area contributed by atoms with Gasteiger partial charge in [-0.3, -0.25) is 0 Å². The molecule has 0 N–H and O–H groups in total. The molecule has 0 saturated heterocycles. The van der Waals surface area contributed by atoms with Crippen LogP contribution >= 0.6 is 23.2 Å². The van der Waals surface area contributed by atoms with Crippen LogP contribution in [0, 0.1) is 0 Å². The van der Waals surface area contributed by atoms with Crippen molar-refractivity contribution in [2.75, 3.05) is 0 Å². The molecule has 0 spiro atoms. The molecule has 0 bridgehead atoms. The quantitative estimate of drug-likeness (QED) is 0.763. The zero-order chi connectivity index (χ0) is 14.1. The zero-order valence-corrected chi connectivity index (χ0v) is 12.3. The number of carbonyl (C=O) groups excluding carboxylic acids is 1. The van der Waals surface area contributed by atoms with Crippen molar-refractivity contribution >= 4 is 35.1 Å². The number of ether oxygens (including phenoxy) is 1. The van der Waals surface area contributed by atoms with Gasteiger partial charge in [-0.05, 0) is 37.8 Å². The Balaban J connectivity index is 1.87. The Morgan fingerprint density at radius 2 is 1.75 bits per heavy atom. The summed E-state index contributed by atoms with van der Waals surface area (Å²) >= 11 is 12.2. The maximum Gasteiger partial charge on any atom is 0.341 e. The number of rotatable bonds is 2. The molecule has 20 heavy (non-hydrogen) atoms. The number of hydrogen-bond donors (Lipinski definition) is 0. The third kappa shape index (κ3) is 2.48. The fourth-order valence-corrected chi connectivity index (χ4v) is 3.06. The highest BCUT2D eigenvalue weighted by Gasteiger charge is 2.32. The molecule has 1 heterocycles. The van der Waals surface area contributed by atoms with Crippen LogP contribution in [0.4, 0.5) is 0 Å². The van der Waals surface area contributed by atoms with Crippen molar-refractivity contribution in [2.24, 2.45) is 4.99 Å². The summed E-state index contributed by atoms with van der Waals surface area (Å²) in [7, 11) is 0. The van der Waals surface area contributed by atoms with Crippen molar-refractivity contribution in [1.82, 2.24) is 0 Å². The van der Waals surface area contributed by atoms with Crippen molar-refractivity contribution < 1.29 is 9.53 Å². The largest absolute Gasteiger partial charge is 0.404 e. The summed E-state index contributed by atoms with van der Waals surface area (Å²) < 4.78 is 5.26. The first-order chi connectivity index (χ1) is 9.66. The van der Waals surface area contributed by atoms with E-state index in [1.165, 1.54) is 0 Å². The fourth-order valence-electron chi connectivity index (χ4n) is 2.54. The number of halogens is 2. The lowest BCUT2D eigenvalue weighted by atomic mass is 9.93. The molecule has 5 heteroatoms. The highest BCUT2D eigenvalue weighted by Crippen LogP contribution is 2.32. The van der Waals surface area contributed by atoms with E-state index in [1.807, 2.05) is 0 Å². The number of cyclic esters (lactones) is 1. The maximum atomic E-state index is 11.8. The topological polar surface area (TPSA) is 38.7 Å². The lowest BCUT2D eigenvalue weighted by molar-refractivity contribution is -0.130. The third-order valence-corrected chi connectivity index (χ3v) is 4.31. The van der Waals surface area contributed by atoms with Gasteiger partial charge in [0.2, 0.25) is 5.90 Å². The van der Waals surface area contributed by atoms with Gasteiger partial charge in [-0.15, -0.1) is 0 Å². The molecule has 1 aromatic carbocycles. The van der Waals surface area contributed by atoms with E-state index in [4.69, 9.17) is 27.9 Å². The molecule has 0 amide bonds. The summed E-state index contributed by atoms with van der Waals surface area (Å²) in [6.07, 6.45) is 3.76. The van der Waals surface area contributed by atoms with Gasteiger partial charge in [0, 0.05) is 26.8 Å². The Hall–Kier alpha value is -1.32. The number of nitrogens with zero attached hydrogens (tertiary/aromatic N) is 1. The molecule has 3 nitrogen and oxygen atoms in total. The Kier molecular flexibility index (Phi) is 3.81. The highest BCUT2D eigenvalue weighted by atomic mass is 35.5. The summed E-state index contributed by atoms with van der Waals surface area (Å²) in [6.45, 7) is 0.317. The fraction of sp³-hybridized carbons (Fsp3) is 0.333. The van der Waals surface area contributed by atoms with Crippen molar-refractivity contribution in [1.29, 1.82) is 0 Å². The van der Waals surface area contributed by atoms with Gasteiger partial charge >= 0.3 is 5.97 Å². The second kappa shape index (κ2) is 5.58. The van der Waals surface area contributed by atoms with Crippen molar-refractivity contribution in [3.63, 3.8) is 0 Å². The van der Waals surface area contributed by atoms with Crippen LogP contribution in [0.3, 0.4) is 0 Å². The maximum absolute atomic E-state index is 11.8. The van der Waals surface area contributed by atoms with Gasteiger partial charge in [0.15, 0.2) is 0 Å². The van der Waals surface area contributed by atoms with E-state index >= 15 is 0 Å². The molecule has 0 fully saturated rings. The molecule has 2 aliphatic rings. The van der Waals surface area contributed by atoms with Gasteiger partial charge in [-0.25, -0.2) is 9.79 Å². The van der Waals surface area contributed by atoms with Crippen LogP contribution in [0.25, 0.3) is 0 Å². The number of carbonyl (C=O) groups is 1. The van der Waals surface area contributed by atoms with Gasteiger partial charge in [0.05, 0.1) is 6.54 Å². The first-order valence-electron chi connectivity index (χ1n) is 6.58. The molecule has 104 valence electrons. The van der Waals surface area contributed by atoms with Crippen LogP contribution in [0.15, 0.2) is 34.3 Å². The molecule has 0 saturated carbocycles. The molecule has 0 atom stereocenters. The first-order valence-corrected chi connectivity index (χ1v) is 7.34. The third-order valence-electron chi connectivity index (χ3n) is 3.60. The minimum Gasteiger partial charge on any atom is -0.404 e. The van der Waals surface area contributed by atoms with Crippen LogP contribution in [0.1, 0.15) is 31.2 Å². The van der Waals surface area contributed by atoms with Crippen molar-refractivity contribution in [3.8, 4) is 0 Å². The summed E-state index contributed by atoms with van der Waals surface area (Å²) in [6, 6.07) is 5.34. The van der Waals surface area contributed by atoms with Gasteiger partial charge in [-0.2, -0.15) is 0 Å². The van der Waals surface area contributed by atoms with Crippen LogP contribution in [0.5, 0.6) is 0 Å². The number of benzene rings is 1. The molecule has 0 radical (unpaired) electrons. The Bertz CT molecular complexity index is 615. The predicted octanol–water partition coefficient (Wildman–Crippen LogP) is 4.32. The molecular formula is C15H13Cl2NO2. The predicted molar refractivity (Wildman–Crippen MR) is 79.2 cm³/mol. The summed E-state index contributed by atoms with van der Waals surface area (Å²) in [5, 5.41) is 1.15. The van der Waals surface area contributed by atoms with E-state index in [-0.39, 0.29) is 5.97 Å². The van der Waals surface area contributed by atoms with Crippen LogP contribution < -0.4 is 0 Å². The monoisotopic (exact) mass is 309 g/mol. The standard InChI is InChI=1S/C15H13Cl2NO2/c16-12-6-3-7-13(17)11(12)8-18-14-9-4-1-2-5-10(9)15(19)20-14/h3,6-7H,1-2,4-5,8H2. The van der Waals surface area contributed by atoms with Crippen LogP contribution in [0.2, 0.25) is 10.0 Å². The van der Waals surface area contributed by atoms with Gasteiger partial charge < -0.3 is 4.74 Å². The van der Waals surface area contributed by atoms with E-state index in [0.29, 0.717) is 22.5 Å². The normalized spacial score (nSPS) is 20.3. The number of aliphatic imine (C=N–C) groups is 1. The smallest absolute Gasteiger partial charge is 0.341 e.